The molecule has 0 bridgehead atoms. The number of hydrogen-bond acceptors (Lipinski definition) is 4. The highest BCUT2D eigenvalue weighted by atomic mass is 16.2. The minimum absolute atomic E-state index is 0.0964. The van der Waals surface area contributed by atoms with Crippen LogP contribution in [0.15, 0.2) is 66.9 Å². The number of rotatable bonds is 8. The van der Waals surface area contributed by atoms with E-state index < -0.39 is 0 Å². The Hall–Kier alpha value is -2.96. The molecule has 2 aromatic carbocycles. The molecule has 1 aliphatic rings. The fraction of sp³-hybridized carbons (Fsp3) is 0.385. The van der Waals surface area contributed by atoms with E-state index in [9.17, 15) is 4.79 Å². The summed E-state index contributed by atoms with van der Waals surface area (Å²) in [5, 5.41) is 8.11. The second kappa shape index (κ2) is 10.6. The maximum Gasteiger partial charge on any atom is 0.234 e. The van der Waals surface area contributed by atoms with E-state index in [1.165, 1.54) is 0 Å². The van der Waals surface area contributed by atoms with E-state index in [-0.39, 0.29) is 5.91 Å². The van der Waals surface area contributed by atoms with Crippen LogP contribution >= 0.6 is 0 Å². The molecule has 1 aromatic heterocycles. The van der Waals surface area contributed by atoms with E-state index in [1.807, 2.05) is 60.3 Å². The van der Waals surface area contributed by atoms with Gasteiger partial charge in [-0.25, -0.2) is 4.68 Å². The van der Waals surface area contributed by atoms with Crippen LogP contribution in [-0.2, 0) is 11.3 Å². The lowest BCUT2D eigenvalue weighted by Crippen LogP contribution is -2.46. The summed E-state index contributed by atoms with van der Waals surface area (Å²) in [7, 11) is 1.99. The Labute approximate surface area is 190 Å². The number of likely N-dealkylation sites (N-methyl/N-ethyl adjacent to an activating group) is 1. The van der Waals surface area contributed by atoms with Crippen LogP contribution in [0.5, 0.6) is 0 Å². The molecule has 4 rings (SSSR count). The molecule has 0 radical (unpaired) electrons. The summed E-state index contributed by atoms with van der Waals surface area (Å²) in [6, 6.07) is 20.7. The maximum absolute atomic E-state index is 12.7. The molecular weight excluding hydrogens is 398 g/mol. The Morgan fingerprint density at radius 1 is 1.06 bits per heavy atom. The van der Waals surface area contributed by atoms with Gasteiger partial charge in [-0.15, -0.1) is 0 Å². The second-order valence-electron chi connectivity index (χ2n) is 8.60. The lowest BCUT2D eigenvalue weighted by atomic mass is 10.1. The molecule has 6 heteroatoms. The average molecular weight is 432 g/mol. The lowest BCUT2D eigenvalue weighted by Gasteiger charge is -2.31. The number of benzene rings is 2. The Balaban J connectivity index is 1.43. The third-order valence-corrected chi connectivity index (χ3v) is 6.11. The van der Waals surface area contributed by atoms with E-state index in [2.05, 4.69) is 40.4 Å². The van der Waals surface area contributed by atoms with Gasteiger partial charge in [0.05, 0.1) is 17.9 Å². The molecule has 1 amide bonds. The Morgan fingerprint density at radius 2 is 1.72 bits per heavy atom. The molecule has 1 saturated heterocycles. The standard InChI is InChI=1S/C26H33N5O/c1-3-30-16-14-23(15-17-30)27-25(32)20-29(2)18-22-19-31(24-12-8-5-9-13-24)28-26(22)21-10-6-4-7-11-21/h4-13,19,23H,3,14-18,20H2,1-2H3,(H,27,32). The van der Waals surface area contributed by atoms with Crippen molar-refractivity contribution in [3.05, 3.63) is 72.4 Å². The molecule has 0 aliphatic carbocycles. The van der Waals surface area contributed by atoms with Crippen molar-refractivity contribution in [3.63, 3.8) is 0 Å². The van der Waals surface area contributed by atoms with Gasteiger partial charge in [-0.2, -0.15) is 5.10 Å². The van der Waals surface area contributed by atoms with Crippen molar-refractivity contribution >= 4 is 5.91 Å². The van der Waals surface area contributed by atoms with E-state index in [0.717, 1.165) is 55.0 Å². The zero-order valence-corrected chi connectivity index (χ0v) is 19.1. The molecule has 0 saturated carbocycles. The first-order valence-electron chi connectivity index (χ1n) is 11.5. The number of hydrogen-bond donors (Lipinski definition) is 1. The summed E-state index contributed by atoms with van der Waals surface area (Å²) in [5.74, 6) is 0.0964. The third-order valence-electron chi connectivity index (χ3n) is 6.11. The molecule has 3 aromatic rings. The molecule has 6 nitrogen and oxygen atoms in total. The number of nitrogens with one attached hydrogen (secondary N) is 1. The number of piperidine rings is 1. The van der Waals surface area contributed by atoms with Gasteiger partial charge in [0, 0.05) is 43.0 Å². The van der Waals surface area contributed by atoms with Crippen molar-refractivity contribution in [1.82, 2.24) is 24.9 Å². The Kier molecular flexibility index (Phi) is 7.35. The number of likely N-dealkylation sites (tertiary alicyclic amines) is 1. The lowest BCUT2D eigenvalue weighted by molar-refractivity contribution is -0.123. The van der Waals surface area contributed by atoms with Gasteiger partial charge >= 0.3 is 0 Å². The largest absolute Gasteiger partial charge is 0.352 e. The smallest absolute Gasteiger partial charge is 0.234 e. The van der Waals surface area contributed by atoms with E-state index >= 15 is 0 Å². The van der Waals surface area contributed by atoms with Crippen LogP contribution in [0.3, 0.4) is 0 Å². The van der Waals surface area contributed by atoms with Crippen LogP contribution in [0.25, 0.3) is 16.9 Å². The molecule has 1 aliphatic heterocycles. The maximum atomic E-state index is 12.7. The SMILES string of the molecule is CCN1CCC(NC(=O)CN(C)Cc2cn(-c3ccccc3)nc2-c2ccccc2)CC1. The van der Waals surface area contributed by atoms with Crippen molar-refractivity contribution in [3.8, 4) is 16.9 Å². The van der Waals surface area contributed by atoms with Crippen molar-refractivity contribution < 1.29 is 4.79 Å². The number of aromatic nitrogens is 2. The van der Waals surface area contributed by atoms with Crippen LogP contribution in [0.2, 0.25) is 0 Å². The van der Waals surface area contributed by atoms with Gasteiger partial charge in [0.2, 0.25) is 5.91 Å². The van der Waals surface area contributed by atoms with Crippen molar-refractivity contribution in [2.75, 3.05) is 33.2 Å². The molecule has 0 spiro atoms. The number of carbonyl (C=O) groups excluding carboxylic acids is 1. The van der Waals surface area contributed by atoms with Crippen molar-refractivity contribution in [2.45, 2.75) is 32.4 Å². The van der Waals surface area contributed by atoms with Gasteiger partial charge < -0.3 is 10.2 Å². The minimum atomic E-state index is 0.0964. The summed E-state index contributed by atoms with van der Waals surface area (Å²) >= 11 is 0. The molecule has 0 unspecified atom stereocenters. The number of para-hydroxylation sites is 1. The molecule has 1 N–H and O–H groups in total. The van der Waals surface area contributed by atoms with Crippen LogP contribution in [0.4, 0.5) is 0 Å². The third kappa shape index (κ3) is 5.64. The topological polar surface area (TPSA) is 53.4 Å². The van der Waals surface area contributed by atoms with Gasteiger partial charge in [0.25, 0.3) is 0 Å². The molecule has 0 atom stereocenters. The fourth-order valence-corrected chi connectivity index (χ4v) is 4.34. The monoisotopic (exact) mass is 431 g/mol. The van der Waals surface area contributed by atoms with Crippen LogP contribution in [0.1, 0.15) is 25.3 Å². The van der Waals surface area contributed by atoms with Crippen LogP contribution in [-0.4, -0.2) is 64.8 Å². The Bertz CT molecular complexity index is 994. The zero-order valence-electron chi connectivity index (χ0n) is 19.1. The highest BCUT2D eigenvalue weighted by Crippen LogP contribution is 2.24. The highest BCUT2D eigenvalue weighted by Gasteiger charge is 2.21. The average Bonchev–Trinajstić information content (AvgIpc) is 3.24. The molecular formula is C26H33N5O. The quantitative estimate of drug-likeness (QED) is 0.592. The highest BCUT2D eigenvalue weighted by molar-refractivity contribution is 5.78. The van der Waals surface area contributed by atoms with Gasteiger partial charge in [0.1, 0.15) is 0 Å². The van der Waals surface area contributed by atoms with Crippen LogP contribution in [0, 0.1) is 0 Å². The van der Waals surface area contributed by atoms with Crippen LogP contribution < -0.4 is 5.32 Å². The number of nitrogens with zero attached hydrogens (tertiary/aromatic N) is 4. The number of amides is 1. The predicted octanol–water partition coefficient (Wildman–Crippen LogP) is 3.57. The van der Waals surface area contributed by atoms with Gasteiger partial charge in [0.15, 0.2) is 0 Å². The predicted molar refractivity (Wildman–Crippen MR) is 129 cm³/mol. The zero-order chi connectivity index (χ0) is 22.3. The summed E-state index contributed by atoms with van der Waals surface area (Å²) in [6.07, 6.45) is 4.14. The van der Waals surface area contributed by atoms with E-state index in [4.69, 9.17) is 5.10 Å². The van der Waals surface area contributed by atoms with Crippen molar-refractivity contribution in [2.24, 2.45) is 0 Å². The molecule has 2 heterocycles. The summed E-state index contributed by atoms with van der Waals surface area (Å²) < 4.78 is 1.92. The molecule has 1 fully saturated rings. The first-order chi connectivity index (χ1) is 15.6. The molecule has 32 heavy (non-hydrogen) atoms. The van der Waals surface area contributed by atoms with Gasteiger partial charge in [-0.1, -0.05) is 55.5 Å². The first kappa shape index (κ1) is 22.2. The summed E-state index contributed by atoms with van der Waals surface area (Å²) in [6.45, 7) is 6.44. The fourth-order valence-electron chi connectivity index (χ4n) is 4.34. The molecule has 168 valence electrons. The van der Waals surface area contributed by atoms with E-state index in [0.29, 0.717) is 19.1 Å². The normalized spacial score (nSPS) is 15.2. The number of carbonyl (C=O) groups is 1. The second-order valence-corrected chi connectivity index (χ2v) is 8.60. The van der Waals surface area contributed by atoms with Crippen molar-refractivity contribution in [1.29, 1.82) is 0 Å². The van der Waals surface area contributed by atoms with Gasteiger partial charge in [-0.05, 0) is 38.6 Å². The first-order valence-corrected chi connectivity index (χ1v) is 11.5. The summed E-state index contributed by atoms with van der Waals surface area (Å²) in [4.78, 5) is 17.2. The van der Waals surface area contributed by atoms with Gasteiger partial charge in [-0.3, -0.25) is 9.69 Å². The van der Waals surface area contributed by atoms with E-state index in [1.54, 1.807) is 0 Å². The Morgan fingerprint density at radius 3 is 2.38 bits per heavy atom. The summed E-state index contributed by atoms with van der Waals surface area (Å²) in [5.41, 5.74) is 4.16. The minimum Gasteiger partial charge on any atom is -0.352 e.